The Morgan fingerprint density at radius 1 is 1.37 bits per heavy atom. The van der Waals surface area contributed by atoms with Gasteiger partial charge in [0.05, 0.1) is 6.42 Å². The Kier molecular flexibility index (Phi) is 7.77. The molecule has 0 radical (unpaired) electrons. The van der Waals surface area contributed by atoms with Crippen molar-refractivity contribution in [3.05, 3.63) is 0 Å². The van der Waals surface area contributed by atoms with Crippen molar-refractivity contribution < 1.29 is 19.5 Å². The third-order valence-electron chi connectivity index (χ3n) is 1.96. The Labute approximate surface area is 109 Å². The van der Waals surface area contributed by atoms with Crippen LogP contribution in [-0.4, -0.2) is 41.5 Å². The number of nitrogens with zero attached hydrogens (tertiary/aromatic N) is 2. The van der Waals surface area contributed by atoms with Gasteiger partial charge in [-0.25, -0.2) is 11.0 Å². The molecule has 0 aromatic rings. The van der Waals surface area contributed by atoms with E-state index in [2.05, 4.69) is 26.6 Å². The molecule has 0 fully saturated rings. The zero-order chi connectivity index (χ0) is 14.8. The van der Waals surface area contributed by atoms with E-state index in [9.17, 15) is 14.4 Å². The molecule has 0 heterocycles. The minimum absolute atomic E-state index is 0.547. The Bertz CT molecular complexity index is 359. The van der Waals surface area contributed by atoms with Crippen molar-refractivity contribution in [1.82, 2.24) is 16.3 Å². The summed E-state index contributed by atoms with van der Waals surface area (Å²) in [6.07, 6.45) is -0.547. The van der Waals surface area contributed by atoms with Gasteiger partial charge in [0, 0.05) is 6.54 Å². The highest BCUT2D eigenvalue weighted by molar-refractivity contribution is 5.90. The summed E-state index contributed by atoms with van der Waals surface area (Å²) in [5.41, 5.74) is 9.88. The SMILES string of the molecule is CCNNN=N[C@@H](CC(=O)O)C(=O)N[C@@H](C)C(N)=O. The number of nitrogens with two attached hydrogens (primary N) is 1. The first-order chi connectivity index (χ1) is 8.88. The lowest BCUT2D eigenvalue weighted by Gasteiger charge is -2.13. The Balaban J connectivity index is 4.55. The molecule has 0 rings (SSSR count). The number of carbonyl (C=O) groups is 3. The summed E-state index contributed by atoms with van der Waals surface area (Å²) in [6, 6.07) is -2.16. The van der Waals surface area contributed by atoms with Crippen LogP contribution in [0.5, 0.6) is 0 Å². The van der Waals surface area contributed by atoms with Crippen LogP contribution in [0, 0.1) is 0 Å². The standard InChI is InChI=1S/C9H18N6O4/c1-3-11-14-15-13-6(4-7(16)17)9(19)12-5(2)8(10)18/h5-6H,3-4H2,1-2H3,(H2,10,18)(H,11,15)(H,12,19)(H,13,14)(H,16,17)/t5-,6-/m0/s1. The third kappa shape index (κ3) is 7.65. The molecule has 0 aliphatic carbocycles. The average Bonchev–Trinajstić information content (AvgIpc) is 2.32. The molecular weight excluding hydrogens is 256 g/mol. The fraction of sp³-hybridized carbons (Fsp3) is 0.667. The molecule has 2 atom stereocenters. The zero-order valence-electron chi connectivity index (χ0n) is 10.7. The number of aliphatic carboxylic acids is 1. The first-order valence-corrected chi connectivity index (χ1v) is 5.57. The summed E-state index contributed by atoms with van der Waals surface area (Å²) in [5, 5.41) is 17.8. The number of carbonyl (C=O) groups excluding carboxylic acids is 2. The van der Waals surface area contributed by atoms with Crippen molar-refractivity contribution in [1.29, 1.82) is 0 Å². The van der Waals surface area contributed by atoms with Crippen LogP contribution in [0.3, 0.4) is 0 Å². The van der Waals surface area contributed by atoms with Crippen molar-refractivity contribution in [2.24, 2.45) is 16.1 Å². The van der Waals surface area contributed by atoms with Gasteiger partial charge >= 0.3 is 5.97 Å². The molecule has 0 aliphatic heterocycles. The van der Waals surface area contributed by atoms with Crippen LogP contribution < -0.4 is 22.0 Å². The van der Waals surface area contributed by atoms with Gasteiger partial charge in [-0.3, -0.25) is 14.4 Å². The second kappa shape index (κ2) is 8.80. The topological polar surface area (TPSA) is 158 Å². The minimum atomic E-state index is -1.24. The van der Waals surface area contributed by atoms with E-state index < -0.39 is 36.3 Å². The molecule has 0 spiro atoms. The highest BCUT2D eigenvalue weighted by Crippen LogP contribution is 2.00. The molecule has 0 aliphatic rings. The van der Waals surface area contributed by atoms with E-state index >= 15 is 0 Å². The smallest absolute Gasteiger partial charge is 0.306 e. The van der Waals surface area contributed by atoms with Crippen molar-refractivity contribution in [2.45, 2.75) is 32.4 Å². The van der Waals surface area contributed by atoms with Crippen LogP contribution in [-0.2, 0) is 14.4 Å². The van der Waals surface area contributed by atoms with E-state index in [-0.39, 0.29) is 0 Å². The fourth-order valence-corrected chi connectivity index (χ4v) is 0.945. The summed E-state index contributed by atoms with van der Waals surface area (Å²) >= 11 is 0. The fourth-order valence-electron chi connectivity index (χ4n) is 0.945. The van der Waals surface area contributed by atoms with Crippen molar-refractivity contribution in [2.75, 3.05) is 6.54 Å². The van der Waals surface area contributed by atoms with E-state index in [0.29, 0.717) is 6.54 Å². The van der Waals surface area contributed by atoms with Crippen molar-refractivity contribution >= 4 is 17.8 Å². The summed E-state index contributed by atoms with van der Waals surface area (Å²) < 4.78 is 0. The first-order valence-electron chi connectivity index (χ1n) is 5.57. The minimum Gasteiger partial charge on any atom is -0.481 e. The van der Waals surface area contributed by atoms with E-state index in [0.717, 1.165) is 0 Å². The van der Waals surface area contributed by atoms with Crippen LogP contribution in [0.2, 0.25) is 0 Å². The molecule has 0 saturated heterocycles. The van der Waals surface area contributed by atoms with Crippen LogP contribution in [0.4, 0.5) is 0 Å². The second-order valence-corrected chi connectivity index (χ2v) is 3.60. The van der Waals surface area contributed by atoms with Gasteiger partial charge in [0.25, 0.3) is 0 Å². The molecule has 0 bridgehead atoms. The van der Waals surface area contributed by atoms with E-state index in [1.165, 1.54) is 6.92 Å². The number of carboxylic acids is 1. The molecule has 0 saturated carbocycles. The van der Waals surface area contributed by atoms with Gasteiger partial charge in [0.1, 0.15) is 6.04 Å². The van der Waals surface area contributed by atoms with E-state index in [4.69, 9.17) is 10.8 Å². The maximum Gasteiger partial charge on any atom is 0.306 e. The van der Waals surface area contributed by atoms with Crippen LogP contribution in [0.15, 0.2) is 10.3 Å². The number of hydrogen-bond donors (Lipinski definition) is 5. The quantitative estimate of drug-likeness (QED) is 0.191. The molecule has 19 heavy (non-hydrogen) atoms. The van der Waals surface area contributed by atoms with Crippen LogP contribution in [0.1, 0.15) is 20.3 Å². The highest BCUT2D eigenvalue weighted by Gasteiger charge is 2.24. The summed E-state index contributed by atoms with van der Waals surface area (Å²) in [6.45, 7) is 3.75. The molecule has 2 amide bonds. The van der Waals surface area contributed by atoms with Crippen molar-refractivity contribution in [3.63, 3.8) is 0 Å². The lowest BCUT2D eigenvalue weighted by atomic mass is 10.2. The second-order valence-electron chi connectivity index (χ2n) is 3.60. The zero-order valence-corrected chi connectivity index (χ0v) is 10.7. The molecule has 0 aromatic heterocycles. The van der Waals surface area contributed by atoms with Crippen molar-refractivity contribution in [3.8, 4) is 0 Å². The average molecular weight is 274 g/mol. The number of nitrogens with one attached hydrogen (secondary N) is 3. The van der Waals surface area contributed by atoms with Gasteiger partial charge in [-0.2, -0.15) is 5.11 Å². The van der Waals surface area contributed by atoms with Gasteiger partial charge in [0.2, 0.25) is 11.8 Å². The largest absolute Gasteiger partial charge is 0.481 e. The lowest BCUT2D eigenvalue weighted by Crippen LogP contribution is -2.46. The highest BCUT2D eigenvalue weighted by atomic mass is 16.4. The number of carboxylic acid groups (broad SMARTS) is 1. The molecule has 108 valence electrons. The van der Waals surface area contributed by atoms with Crippen LogP contribution in [0.25, 0.3) is 0 Å². The van der Waals surface area contributed by atoms with E-state index in [1.54, 1.807) is 6.92 Å². The molecular formula is C9H18N6O4. The summed E-state index contributed by atoms with van der Waals surface area (Å²) in [4.78, 5) is 33.1. The molecule has 0 aromatic carbocycles. The monoisotopic (exact) mass is 274 g/mol. The van der Waals surface area contributed by atoms with E-state index in [1.807, 2.05) is 0 Å². The number of primary amides is 1. The predicted octanol–water partition coefficient (Wildman–Crippen LogP) is -1.70. The maximum absolute atomic E-state index is 11.7. The van der Waals surface area contributed by atoms with Gasteiger partial charge in [-0.15, -0.1) is 0 Å². The predicted molar refractivity (Wildman–Crippen MR) is 64.5 cm³/mol. The van der Waals surface area contributed by atoms with Gasteiger partial charge in [-0.1, -0.05) is 12.1 Å². The van der Waals surface area contributed by atoms with Gasteiger partial charge in [0.15, 0.2) is 6.04 Å². The molecule has 0 unspecified atom stereocenters. The number of hydrogen-bond acceptors (Lipinski definition) is 6. The Morgan fingerprint density at radius 3 is 2.47 bits per heavy atom. The molecule has 6 N–H and O–H groups in total. The number of hydrazine groups is 1. The summed E-state index contributed by atoms with van der Waals surface area (Å²) in [7, 11) is 0. The molecule has 10 heteroatoms. The normalized spacial score (nSPS) is 13.8. The summed E-state index contributed by atoms with van der Waals surface area (Å²) in [5.74, 6) is -2.69. The van der Waals surface area contributed by atoms with Gasteiger partial charge < -0.3 is 16.2 Å². The van der Waals surface area contributed by atoms with Crippen LogP contribution >= 0.6 is 0 Å². The number of rotatable bonds is 9. The number of amides is 2. The molecule has 10 nitrogen and oxygen atoms in total. The lowest BCUT2D eigenvalue weighted by molar-refractivity contribution is -0.139. The Hall–Kier alpha value is -2.23. The first kappa shape index (κ1) is 16.8. The third-order valence-corrected chi connectivity index (χ3v) is 1.96. The van der Waals surface area contributed by atoms with Gasteiger partial charge in [-0.05, 0) is 6.92 Å². The maximum atomic E-state index is 11.7. The Morgan fingerprint density at radius 2 is 2.00 bits per heavy atom.